The summed E-state index contributed by atoms with van der Waals surface area (Å²) >= 11 is 6.07. The van der Waals surface area contributed by atoms with Crippen LogP contribution < -0.4 is 0 Å². The molecule has 0 amide bonds. The van der Waals surface area contributed by atoms with Gasteiger partial charge >= 0.3 is 0 Å². The molecule has 1 heterocycles. The van der Waals surface area contributed by atoms with Gasteiger partial charge < -0.3 is 0 Å². The lowest BCUT2D eigenvalue weighted by molar-refractivity contribution is 0.468. The molecule has 0 aliphatic carbocycles. The van der Waals surface area contributed by atoms with Crippen molar-refractivity contribution < 1.29 is 12.8 Å². The minimum absolute atomic E-state index is 0.186. The SMILES string of the molecule is C#CCN1N=C(c2ccc(F)cc2)c2cc(Cl)ccc2CS1(=O)=O. The largest absolute Gasteiger partial charge is 0.254 e. The molecule has 2 aromatic carbocycles. The Balaban J connectivity index is 2.27. The quantitative estimate of drug-likeness (QED) is 0.771. The standard InChI is InChI=1S/C17H12ClFN2O2S/c1-2-9-21-20-17(12-4-7-15(19)8-5-12)16-10-14(18)6-3-13(16)11-24(21,22)23/h1,3-8,10H,9,11H2. The molecule has 0 unspecified atom stereocenters. The van der Waals surface area contributed by atoms with Crippen LogP contribution in [0.5, 0.6) is 0 Å². The summed E-state index contributed by atoms with van der Waals surface area (Å²) in [7, 11) is -3.71. The van der Waals surface area contributed by atoms with Crippen LogP contribution in [-0.2, 0) is 15.8 Å². The van der Waals surface area contributed by atoms with Gasteiger partial charge in [0.1, 0.15) is 12.4 Å². The Kier molecular flexibility index (Phi) is 4.31. The fourth-order valence-electron chi connectivity index (χ4n) is 2.43. The van der Waals surface area contributed by atoms with Crippen LogP contribution in [0.25, 0.3) is 0 Å². The number of halogens is 2. The van der Waals surface area contributed by atoms with E-state index in [1.165, 1.54) is 24.3 Å². The van der Waals surface area contributed by atoms with E-state index in [0.717, 1.165) is 4.41 Å². The second kappa shape index (κ2) is 6.27. The van der Waals surface area contributed by atoms with Crippen molar-refractivity contribution >= 4 is 27.3 Å². The monoisotopic (exact) mass is 362 g/mol. The van der Waals surface area contributed by atoms with E-state index < -0.39 is 15.8 Å². The van der Waals surface area contributed by atoms with Crippen molar-refractivity contribution in [3.8, 4) is 12.3 Å². The Bertz CT molecular complexity index is 963. The summed E-state index contributed by atoms with van der Waals surface area (Å²) in [4.78, 5) is 0. The number of terminal acetylenes is 1. The minimum Gasteiger partial charge on any atom is -0.207 e. The van der Waals surface area contributed by atoms with Crippen LogP contribution in [-0.4, -0.2) is 25.1 Å². The minimum atomic E-state index is -3.71. The molecule has 0 bridgehead atoms. The molecule has 2 aromatic rings. The van der Waals surface area contributed by atoms with E-state index in [0.29, 0.717) is 27.4 Å². The van der Waals surface area contributed by atoms with Crippen molar-refractivity contribution in [2.24, 2.45) is 5.10 Å². The number of nitrogens with zero attached hydrogens (tertiary/aromatic N) is 2. The van der Waals surface area contributed by atoms with Gasteiger partial charge in [0.25, 0.3) is 10.0 Å². The first-order valence-electron chi connectivity index (χ1n) is 6.98. The van der Waals surface area contributed by atoms with E-state index in [-0.39, 0.29) is 12.3 Å². The molecule has 122 valence electrons. The van der Waals surface area contributed by atoms with Crippen LogP contribution in [0, 0.1) is 18.2 Å². The Hall–Kier alpha value is -2.36. The molecule has 3 rings (SSSR count). The average Bonchev–Trinajstić information content (AvgIpc) is 2.64. The number of rotatable bonds is 2. The first-order valence-corrected chi connectivity index (χ1v) is 8.96. The highest BCUT2D eigenvalue weighted by Gasteiger charge is 2.28. The number of hydrogen-bond donors (Lipinski definition) is 0. The second-order valence-electron chi connectivity index (χ2n) is 5.20. The molecule has 0 N–H and O–H groups in total. The topological polar surface area (TPSA) is 49.7 Å². The van der Waals surface area contributed by atoms with Gasteiger partial charge in [0, 0.05) is 16.1 Å². The summed E-state index contributed by atoms with van der Waals surface area (Å²) in [6.45, 7) is -0.186. The van der Waals surface area contributed by atoms with Gasteiger partial charge in [-0.2, -0.15) is 9.52 Å². The van der Waals surface area contributed by atoms with Crippen molar-refractivity contribution in [1.29, 1.82) is 0 Å². The van der Waals surface area contributed by atoms with Crippen molar-refractivity contribution in [1.82, 2.24) is 4.41 Å². The van der Waals surface area contributed by atoms with E-state index in [9.17, 15) is 12.8 Å². The molecular formula is C17H12ClFN2O2S. The predicted molar refractivity (Wildman–Crippen MR) is 91.7 cm³/mol. The summed E-state index contributed by atoms with van der Waals surface area (Å²) < 4.78 is 39.1. The molecule has 0 fully saturated rings. The Morgan fingerprint density at radius 2 is 1.96 bits per heavy atom. The van der Waals surface area contributed by atoms with Crippen molar-refractivity contribution in [2.45, 2.75) is 5.75 Å². The molecule has 1 aliphatic heterocycles. The third-order valence-electron chi connectivity index (χ3n) is 3.54. The molecule has 7 heteroatoms. The van der Waals surface area contributed by atoms with Crippen LogP contribution in [0.3, 0.4) is 0 Å². The van der Waals surface area contributed by atoms with Gasteiger partial charge in [-0.15, -0.1) is 6.42 Å². The molecule has 0 spiro atoms. The summed E-state index contributed by atoms with van der Waals surface area (Å²) in [6, 6.07) is 10.5. The third kappa shape index (κ3) is 3.14. The fourth-order valence-corrected chi connectivity index (χ4v) is 3.87. The number of hydrogen-bond acceptors (Lipinski definition) is 3. The van der Waals surface area contributed by atoms with Gasteiger partial charge in [-0.1, -0.05) is 23.6 Å². The lowest BCUT2D eigenvalue weighted by atomic mass is 9.98. The molecule has 0 aromatic heterocycles. The lowest BCUT2D eigenvalue weighted by Crippen LogP contribution is -2.27. The molecule has 24 heavy (non-hydrogen) atoms. The highest BCUT2D eigenvalue weighted by atomic mass is 35.5. The van der Waals surface area contributed by atoms with E-state index >= 15 is 0 Å². The molecule has 0 radical (unpaired) electrons. The second-order valence-corrected chi connectivity index (χ2v) is 7.51. The number of fused-ring (bicyclic) bond motifs is 1. The van der Waals surface area contributed by atoms with Gasteiger partial charge in [-0.05, 0) is 42.0 Å². The van der Waals surface area contributed by atoms with Crippen LogP contribution in [0.4, 0.5) is 4.39 Å². The summed E-state index contributed by atoms with van der Waals surface area (Å²) in [6.07, 6.45) is 5.27. The Morgan fingerprint density at radius 3 is 2.62 bits per heavy atom. The van der Waals surface area contributed by atoms with Crippen LogP contribution in [0.15, 0.2) is 47.6 Å². The van der Waals surface area contributed by atoms with Crippen molar-refractivity contribution in [2.75, 3.05) is 6.54 Å². The van der Waals surface area contributed by atoms with E-state index in [1.807, 2.05) is 0 Å². The van der Waals surface area contributed by atoms with E-state index in [2.05, 4.69) is 11.0 Å². The highest BCUT2D eigenvalue weighted by molar-refractivity contribution is 7.88. The normalized spacial score (nSPS) is 15.9. The predicted octanol–water partition coefficient (Wildman–Crippen LogP) is 3.01. The van der Waals surface area contributed by atoms with E-state index in [4.69, 9.17) is 18.0 Å². The van der Waals surface area contributed by atoms with E-state index in [1.54, 1.807) is 18.2 Å². The number of sulfonamides is 1. The van der Waals surface area contributed by atoms with Crippen molar-refractivity contribution in [3.63, 3.8) is 0 Å². The zero-order valence-corrected chi connectivity index (χ0v) is 14.0. The average molecular weight is 363 g/mol. The van der Waals surface area contributed by atoms with Gasteiger partial charge in [-0.25, -0.2) is 12.8 Å². The molecule has 1 aliphatic rings. The third-order valence-corrected chi connectivity index (χ3v) is 5.31. The van der Waals surface area contributed by atoms with Crippen LogP contribution in [0.2, 0.25) is 5.02 Å². The maximum absolute atomic E-state index is 13.2. The van der Waals surface area contributed by atoms with Gasteiger partial charge in [0.2, 0.25) is 0 Å². The summed E-state index contributed by atoms with van der Waals surface area (Å²) in [5, 5.41) is 4.69. The zero-order valence-electron chi connectivity index (χ0n) is 12.4. The van der Waals surface area contributed by atoms with Crippen molar-refractivity contribution in [3.05, 3.63) is 70.0 Å². The molecular weight excluding hydrogens is 351 g/mol. The summed E-state index contributed by atoms with van der Waals surface area (Å²) in [5.41, 5.74) is 2.09. The zero-order chi connectivity index (χ0) is 17.3. The first-order chi connectivity index (χ1) is 11.4. The first kappa shape index (κ1) is 16.5. The number of benzene rings is 2. The number of hydrazone groups is 1. The smallest absolute Gasteiger partial charge is 0.207 e. The maximum atomic E-state index is 13.2. The van der Waals surface area contributed by atoms with Gasteiger partial charge in [0.15, 0.2) is 0 Å². The van der Waals surface area contributed by atoms with Gasteiger partial charge in [0.05, 0.1) is 11.5 Å². The fraction of sp³-hybridized carbons (Fsp3) is 0.118. The molecule has 0 atom stereocenters. The Labute approximate surface area is 144 Å². The maximum Gasteiger partial charge on any atom is 0.254 e. The molecule has 4 nitrogen and oxygen atoms in total. The molecule has 0 saturated heterocycles. The summed E-state index contributed by atoms with van der Waals surface area (Å²) in [5.74, 6) is 1.66. The highest BCUT2D eigenvalue weighted by Crippen LogP contribution is 2.27. The van der Waals surface area contributed by atoms with Crippen LogP contribution >= 0.6 is 11.6 Å². The van der Waals surface area contributed by atoms with Crippen LogP contribution in [0.1, 0.15) is 16.7 Å². The lowest BCUT2D eigenvalue weighted by Gasteiger charge is -2.15. The van der Waals surface area contributed by atoms with Gasteiger partial charge in [-0.3, -0.25) is 0 Å². The molecule has 0 saturated carbocycles. The Morgan fingerprint density at radius 1 is 1.25 bits per heavy atom.